The lowest BCUT2D eigenvalue weighted by molar-refractivity contribution is 0.594. The standard InChI is InChI=1S/C14H12Cl2FNO2S/c1-18(12-5-3-11(17)4-6-12)21(19,20)13-7-2-10(9-15)14(16)8-13/h2-8H,9H2,1H3. The summed E-state index contributed by atoms with van der Waals surface area (Å²) in [6.07, 6.45) is 0. The normalized spacial score (nSPS) is 11.4. The summed E-state index contributed by atoms with van der Waals surface area (Å²) in [4.78, 5) is 0.0493. The predicted octanol–water partition coefficient (Wildman–Crippen LogP) is 4.04. The average Bonchev–Trinajstić information content (AvgIpc) is 2.47. The minimum Gasteiger partial charge on any atom is -0.269 e. The fraction of sp³-hybridized carbons (Fsp3) is 0.143. The molecule has 0 aliphatic carbocycles. The zero-order valence-electron chi connectivity index (χ0n) is 11.1. The number of nitrogens with zero attached hydrogens (tertiary/aromatic N) is 1. The summed E-state index contributed by atoms with van der Waals surface area (Å²) in [6, 6.07) is 9.55. The van der Waals surface area contributed by atoms with Gasteiger partial charge in [0.25, 0.3) is 10.0 Å². The van der Waals surface area contributed by atoms with Crippen molar-refractivity contribution in [3.63, 3.8) is 0 Å². The third kappa shape index (κ3) is 3.31. The molecule has 0 N–H and O–H groups in total. The summed E-state index contributed by atoms with van der Waals surface area (Å²) in [6.45, 7) is 0. The number of alkyl halides is 1. The predicted molar refractivity (Wildman–Crippen MR) is 83.0 cm³/mol. The van der Waals surface area contributed by atoms with Gasteiger partial charge < -0.3 is 0 Å². The Morgan fingerprint density at radius 2 is 1.76 bits per heavy atom. The molecule has 0 aliphatic rings. The molecule has 0 radical (unpaired) electrons. The molecule has 0 aromatic heterocycles. The van der Waals surface area contributed by atoms with E-state index in [9.17, 15) is 12.8 Å². The van der Waals surface area contributed by atoms with Crippen molar-refractivity contribution in [2.24, 2.45) is 0 Å². The molecule has 0 atom stereocenters. The zero-order valence-corrected chi connectivity index (χ0v) is 13.4. The second-order valence-corrected chi connectivity index (χ2v) is 6.98. The number of sulfonamides is 1. The lowest BCUT2D eigenvalue weighted by Gasteiger charge is -2.20. The Morgan fingerprint density at radius 1 is 1.14 bits per heavy atom. The number of benzene rings is 2. The molecule has 0 spiro atoms. The van der Waals surface area contributed by atoms with Crippen molar-refractivity contribution in [2.45, 2.75) is 10.8 Å². The molecule has 0 aliphatic heterocycles. The van der Waals surface area contributed by atoms with Gasteiger partial charge in [-0.1, -0.05) is 17.7 Å². The Balaban J connectivity index is 2.41. The van der Waals surface area contributed by atoms with Crippen molar-refractivity contribution in [2.75, 3.05) is 11.4 Å². The van der Waals surface area contributed by atoms with Crippen molar-refractivity contribution >= 4 is 38.9 Å². The Bertz CT molecular complexity index is 748. The Morgan fingerprint density at radius 3 is 2.29 bits per heavy atom. The van der Waals surface area contributed by atoms with E-state index >= 15 is 0 Å². The van der Waals surface area contributed by atoms with Gasteiger partial charge in [0, 0.05) is 18.0 Å². The van der Waals surface area contributed by atoms with Gasteiger partial charge >= 0.3 is 0 Å². The van der Waals surface area contributed by atoms with E-state index in [1.165, 1.54) is 43.4 Å². The van der Waals surface area contributed by atoms with Crippen LogP contribution in [0, 0.1) is 5.82 Å². The maximum Gasteiger partial charge on any atom is 0.264 e. The topological polar surface area (TPSA) is 37.4 Å². The first-order chi connectivity index (χ1) is 9.86. The fourth-order valence-electron chi connectivity index (χ4n) is 1.74. The molecule has 7 heteroatoms. The van der Waals surface area contributed by atoms with E-state index in [0.29, 0.717) is 16.3 Å². The van der Waals surface area contributed by atoms with Crippen LogP contribution < -0.4 is 4.31 Å². The van der Waals surface area contributed by atoms with Crippen molar-refractivity contribution < 1.29 is 12.8 Å². The van der Waals surface area contributed by atoms with E-state index in [1.807, 2.05) is 0 Å². The summed E-state index contributed by atoms with van der Waals surface area (Å²) in [5, 5.41) is 0.290. The molecular formula is C14H12Cl2FNO2S. The zero-order chi connectivity index (χ0) is 15.6. The molecule has 2 rings (SSSR count). The number of anilines is 1. The third-order valence-electron chi connectivity index (χ3n) is 3.02. The van der Waals surface area contributed by atoms with Crippen LogP contribution in [-0.2, 0) is 15.9 Å². The lowest BCUT2D eigenvalue weighted by atomic mass is 10.2. The second kappa shape index (κ2) is 6.22. The van der Waals surface area contributed by atoms with Gasteiger partial charge in [-0.2, -0.15) is 0 Å². The molecular weight excluding hydrogens is 336 g/mol. The SMILES string of the molecule is CN(c1ccc(F)cc1)S(=O)(=O)c1ccc(CCl)c(Cl)c1. The van der Waals surface area contributed by atoms with Crippen molar-refractivity contribution in [3.8, 4) is 0 Å². The highest BCUT2D eigenvalue weighted by molar-refractivity contribution is 7.92. The molecule has 2 aromatic carbocycles. The largest absolute Gasteiger partial charge is 0.269 e. The van der Waals surface area contributed by atoms with Gasteiger partial charge in [0.15, 0.2) is 0 Å². The van der Waals surface area contributed by atoms with Crippen molar-refractivity contribution in [1.29, 1.82) is 0 Å². The maximum atomic E-state index is 12.9. The number of hydrogen-bond donors (Lipinski definition) is 0. The summed E-state index contributed by atoms with van der Waals surface area (Å²) < 4.78 is 39.0. The van der Waals surface area contributed by atoms with Gasteiger partial charge in [-0.15, -0.1) is 11.6 Å². The molecule has 3 nitrogen and oxygen atoms in total. The van der Waals surface area contributed by atoms with Crippen LogP contribution in [-0.4, -0.2) is 15.5 Å². The van der Waals surface area contributed by atoms with Crippen LogP contribution >= 0.6 is 23.2 Å². The van der Waals surface area contributed by atoms with E-state index < -0.39 is 15.8 Å². The van der Waals surface area contributed by atoms with Gasteiger partial charge in [-0.25, -0.2) is 12.8 Å². The molecule has 0 unspecified atom stereocenters. The van der Waals surface area contributed by atoms with E-state index in [-0.39, 0.29) is 10.8 Å². The minimum atomic E-state index is -3.77. The summed E-state index contributed by atoms with van der Waals surface area (Å²) in [5.41, 5.74) is 1.01. The van der Waals surface area contributed by atoms with Crippen molar-refractivity contribution in [3.05, 3.63) is 58.9 Å². The molecule has 112 valence electrons. The minimum absolute atomic E-state index is 0.0493. The molecule has 0 saturated heterocycles. The molecule has 0 fully saturated rings. The second-order valence-electron chi connectivity index (χ2n) is 4.34. The molecule has 0 amide bonds. The monoisotopic (exact) mass is 347 g/mol. The van der Waals surface area contributed by atoms with Gasteiger partial charge in [0.05, 0.1) is 10.6 Å². The van der Waals surface area contributed by atoms with Crippen LogP contribution in [0.1, 0.15) is 5.56 Å². The van der Waals surface area contributed by atoms with Crippen molar-refractivity contribution in [1.82, 2.24) is 0 Å². The molecule has 2 aromatic rings. The molecule has 21 heavy (non-hydrogen) atoms. The molecule has 0 saturated carbocycles. The third-order valence-corrected chi connectivity index (χ3v) is 5.44. The smallest absolute Gasteiger partial charge is 0.264 e. The summed E-state index contributed by atoms with van der Waals surface area (Å²) >= 11 is 11.7. The van der Waals surface area contributed by atoms with Gasteiger partial charge in [-0.05, 0) is 42.0 Å². The first kappa shape index (κ1) is 16.1. The first-order valence-electron chi connectivity index (χ1n) is 5.95. The number of halogens is 3. The van der Waals surface area contributed by atoms with Crippen LogP contribution in [0.2, 0.25) is 5.02 Å². The number of hydrogen-bond acceptors (Lipinski definition) is 2. The lowest BCUT2D eigenvalue weighted by Crippen LogP contribution is -2.26. The van der Waals surface area contributed by atoms with E-state index in [0.717, 1.165) is 4.31 Å². The van der Waals surface area contributed by atoms with Crippen LogP contribution in [0.5, 0.6) is 0 Å². The maximum absolute atomic E-state index is 12.9. The number of rotatable bonds is 4. The average molecular weight is 348 g/mol. The van der Waals surface area contributed by atoms with Crippen LogP contribution in [0.3, 0.4) is 0 Å². The Labute approximate surface area is 133 Å². The highest BCUT2D eigenvalue weighted by Crippen LogP contribution is 2.26. The highest BCUT2D eigenvalue weighted by atomic mass is 35.5. The van der Waals surface area contributed by atoms with Crippen LogP contribution in [0.25, 0.3) is 0 Å². The van der Waals surface area contributed by atoms with Crippen LogP contribution in [0.4, 0.5) is 10.1 Å². The molecule has 0 heterocycles. The van der Waals surface area contributed by atoms with Gasteiger partial charge in [0.2, 0.25) is 0 Å². The van der Waals surface area contributed by atoms with E-state index in [2.05, 4.69) is 0 Å². The van der Waals surface area contributed by atoms with Crippen LogP contribution in [0.15, 0.2) is 47.4 Å². The molecule has 0 bridgehead atoms. The van der Waals surface area contributed by atoms with E-state index in [4.69, 9.17) is 23.2 Å². The highest BCUT2D eigenvalue weighted by Gasteiger charge is 2.22. The Hall–Kier alpha value is -1.30. The Kier molecular flexibility index (Phi) is 4.76. The summed E-state index contributed by atoms with van der Waals surface area (Å²) in [5.74, 6) is -0.230. The quantitative estimate of drug-likeness (QED) is 0.782. The van der Waals surface area contributed by atoms with E-state index in [1.54, 1.807) is 6.07 Å². The van der Waals surface area contributed by atoms with Gasteiger partial charge in [-0.3, -0.25) is 4.31 Å². The first-order valence-corrected chi connectivity index (χ1v) is 8.30. The summed E-state index contributed by atoms with van der Waals surface area (Å²) in [7, 11) is -2.37. The fourth-order valence-corrected chi connectivity index (χ4v) is 3.58. The van der Waals surface area contributed by atoms with Gasteiger partial charge in [0.1, 0.15) is 5.82 Å².